The van der Waals surface area contributed by atoms with Crippen LogP contribution in [0.5, 0.6) is 0 Å². The van der Waals surface area contributed by atoms with Crippen LogP contribution in [0.4, 0.5) is 4.39 Å². The first-order valence-corrected chi connectivity index (χ1v) is 9.61. The number of halogens is 1. The third-order valence-corrected chi connectivity index (χ3v) is 4.87. The van der Waals surface area contributed by atoms with Crippen LogP contribution in [0.15, 0.2) is 88.0 Å². The molecule has 5 rings (SSSR count). The maximum absolute atomic E-state index is 13.2. The first-order chi connectivity index (χ1) is 15.2. The minimum Gasteiger partial charge on any atom is -0.444 e. The highest BCUT2D eigenvalue weighted by molar-refractivity contribution is 6.00. The van der Waals surface area contributed by atoms with Crippen LogP contribution >= 0.6 is 0 Å². The summed E-state index contributed by atoms with van der Waals surface area (Å²) in [5.41, 5.74) is 3.58. The molecule has 0 unspecified atom stereocenters. The lowest BCUT2D eigenvalue weighted by Crippen LogP contribution is -2.22. The van der Waals surface area contributed by atoms with Crippen LogP contribution in [0, 0.1) is 5.82 Å². The molecule has 0 atom stereocenters. The summed E-state index contributed by atoms with van der Waals surface area (Å²) >= 11 is 0. The van der Waals surface area contributed by atoms with E-state index in [1.165, 1.54) is 18.4 Å². The SMILES string of the molecule is O=C(NCc1ccccc1)c1ccc2onc(-c3coc(-c4ccc(F)cc4)n3)c2c1. The summed E-state index contributed by atoms with van der Waals surface area (Å²) in [4.78, 5) is 17.1. The number of oxazole rings is 1. The molecule has 0 bridgehead atoms. The summed E-state index contributed by atoms with van der Waals surface area (Å²) in [6.45, 7) is 0.429. The van der Waals surface area contributed by atoms with E-state index in [0.717, 1.165) is 5.56 Å². The van der Waals surface area contributed by atoms with Crippen molar-refractivity contribution >= 4 is 16.9 Å². The fourth-order valence-corrected chi connectivity index (χ4v) is 3.25. The minimum absolute atomic E-state index is 0.204. The van der Waals surface area contributed by atoms with Gasteiger partial charge in [-0.2, -0.15) is 0 Å². The van der Waals surface area contributed by atoms with E-state index >= 15 is 0 Å². The second-order valence-electron chi connectivity index (χ2n) is 6.96. The monoisotopic (exact) mass is 413 g/mol. The maximum Gasteiger partial charge on any atom is 0.251 e. The van der Waals surface area contributed by atoms with Gasteiger partial charge >= 0.3 is 0 Å². The molecule has 5 aromatic rings. The quantitative estimate of drug-likeness (QED) is 0.427. The van der Waals surface area contributed by atoms with Gasteiger partial charge in [0, 0.05) is 17.7 Å². The highest BCUT2D eigenvalue weighted by atomic mass is 19.1. The van der Waals surface area contributed by atoms with Crippen LogP contribution < -0.4 is 5.32 Å². The Morgan fingerprint density at radius 2 is 1.81 bits per heavy atom. The van der Waals surface area contributed by atoms with E-state index in [2.05, 4.69) is 15.5 Å². The highest BCUT2D eigenvalue weighted by Gasteiger charge is 2.17. The molecule has 0 saturated carbocycles. The fourth-order valence-electron chi connectivity index (χ4n) is 3.25. The van der Waals surface area contributed by atoms with Gasteiger partial charge in [-0.05, 0) is 48.0 Å². The topological polar surface area (TPSA) is 81.2 Å². The lowest BCUT2D eigenvalue weighted by molar-refractivity contribution is 0.0951. The smallest absolute Gasteiger partial charge is 0.251 e. The standard InChI is InChI=1S/C24H16FN3O3/c25-18-9-6-16(7-10-18)24-27-20(14-30-24)22-19-12-17(8-11-21(19)31-28-22)23(29)26-13-15-4-2-1-3-5-15/h1-12,14H,13H2,(H,26,29). The number of fused-ring (bicyclic) bond motifs is 1. The number of carbonyl (C=O) groups excluding carboxylic acids is 1. The zero-order valence-corrected chi connectivity index (χ0v) is 16.2. The van der Waals surface area contributed by atoms with Crippen LogP contribution in [0.3, 0.4) is 0 Å². The second-order valence-corrected chi connectivity index (χ2v) is 6.96. The summed E-state index contributed by atoms with van der Waals surface area (Å²) in [5, 5.41) is 7.64. The molecule has 1 amide bonds. The number of hydrogen-bond acceptors (Lipinski definition) is 5. The molecule has 6 nitrogen and oxygen atoms in total. The van der Waals surface area contributed by atoms with E-state index in [1.807, 2.05) is 30.3 Å². The average Bonchev–Trinajstić information content (AvgIpc) is 3.45. The number of nitrogens with one attached hydrogen (secondary N) is 1. The summed E-state index contributed by atoms with van der Waals surface area (Å²) in [7, 11) is 0. The van der Waals surface area contributed by atoms with Gasteiger partial charge in [0.05, 0.1) is 5.39 Å². The van der Waals surface area contributed by atoms with Crippen LogP contribution in [0.2, 0.25) is 0 Å². The number of amides is 1. The van der Waals surface area contributed by atoms with Gasteiger partial charge in [0.15, 0.2) is 5.58 Å². The first kappa shape index (κ1) is 18.7. The predicted octanol–water partition coefficient (Wildman–Crippen LogP) is 5.22. The van der Waals surface area contributed by atoms with Gasteiger partial charge in [-0.3, -0.25) is 4.79 Å². The van der Waals surface area contributed by atoms with Gasteiger partial charge in [0.1, 0.15) is 23.5 Å². The highest BCUT2D eigenvalue weighted by Crippen LogP contribution is 2.30. The van der Waals surface area contributed by atoms with Gasteiger partial charge < -0.3 is 14.3 Å². The van der Waals surface area contributed by atoms with Crippen molar-refractivity contribution in [2.45, 2.75) is 6.54 Å². The van der Waals surface area contributed by atoms with Gasteiger partial charge in [0.2, 0.25) is 5.89 Å². The lowest BCUT2D eigenvalue weighted by atomic mass is 10.1. The molecule has 3 aromatic carbocycles. The van der Waals surface area contributed by atoms with Crippen LogP contribution in [-0.2, 0) is 6.54 Å². The normalized spacial score (nSPS) is 11.0. The fraction of sp³-hybridized carbons (Fsp3) is 0.0417. The maximum atomic E-state index is 13.2. The van der Waals surface area contributed by atoms with Gasteiger partial charge in [-0.15, -0.1) is 0 Å². The van der Waals surface area contributed by atoms with Crippen molar-refractivity contribution < 1.29 is 18.1 Å². The van der Waals surface area contributed by atoms with E-state index in [-0.39, 0.29) is 11.7 Å². The zero-order valence-electron chi connectivity index (χ0n) is 16.2. The molecule has 0 aliphatic heterocycles. The Hall–Kier alpha value is -4.26. The number of benzene rings is 3. The van der Waals surface area contributed by atoms with Crippen molar-refractivity contribution in [1.29, 1.82) is 0 Å². The zero-order chi connectivity index (χ0) is 21.2. The predicted molar refractivity (Wildman–Crippen MR) is 113 cm³/mol. The molecular weight excluding hydrogens is 397 g/mol. The van der Waals surface area contributed by atoms with Crippen LogP contribution in [-0.4, -0.2) is 16.0 Å². The molecule has 0 aliphatic rings. The number of nitrogens with zero attached hydrogens (tertiary/aromatic N) is 2. The Kier molecular flexibility index (Phi) is 4.76. The number of carbonyl (C=O) groups is 1. The van der Waals surface area contributed by atoms with Crippen molar-refractivity contribution in [3.05, 3.63) is 96.0 Å². The Morgan fingerprint density at radius 1 is 1.00 bits per heavy atom. The van der Waals surface area contributed by atoms with Crippen LogP contribution in [0.25, 0.3) is 33.8 Å². The minimum atomic E-state index is -0.337. The van der Waals surface area contributed by atoms with Crippen molar-refractivity contribution in [1.82, 2.24) is 15.5 Å². The molecule has 0 spiro atoms. The van der Waals surface area contributed by atoms with E-state index in [4.69, 9.17) is 8.94 Å². The molecule has 0 radical (unpaired) electrons. The van der Waals surface area contributed by atoms with E-state index in [9.17, 15) is 9.18 Å². The molecule has 0 saturated heterocycles. The number of rotatable bonds is 5. The third-order valence-electron chi connectivity index (χ3n) is 4.87. The largest absolute Gasteiger partial charge is 0.444 e. The summed E-state index contributed by atoms with van der Waals surface area (Å²) in [5.74, 6) is -0.205. The Labute approximate surface area is 176 Å². The van der Waals surface area contributed by atoms with Crippen molar-refractivity contribution in [3.63, 3.8) is 0 Å². The van der Waals surface area contributed by atoms with Crippen molar-refractivity contribution in [3.8, 4) is 22.8 Å². The number of aromatic nitrogens is 2. The Morgan fingerprint density at radius 3 is 2.61 bits per heavy atom. The van der Waals surface area contributed by atoms with E-state index < -0.39 is 0 Å². The Bertz CT molecular complexity index is 1360. The molecular formula is C24H16FN3O3. The molecule has 7 heteroatoms. The summed E-state index contributed by atoms with van der Waals surface area (Å²) < 4.78 is 24.1. The van der Waals surface area contributed by atoms with E-state index in [1.54, 1.807) is 30.3 Å². The molecule has 2 aromatic heterocycles. The van der Waals surface area contributed by atoms with Gasteiger partial charge in [0.25, 0.3) is 5.91 Å². The molecule has 0 aliphatic carbocycles. The van der Waals surface area contributed by atoms with Crippen molar-refractivity contribution in [2.24, 2.45) is 0 Å². The Balaban J connectivity index is 1.41. The van der Waals surface area contributed by atoms with Gasteiger partial charge in [-0.25, -0.2) is 9.37 Å². The van der Waals surface area contributed by atoms with E-state index in [0.29, 0.717) is 45.9 Å². The second kappa shape index (κ2) is 7.87. The average molecular weight is 413 g/mol. The molecule has 1 N–H and O–H groups in total. The number of hydrogen-bond donors (Lipinski definition) is 1. The molecule has 2 heterocycles. The third kappa shape index (κ3) is 3.81. The van der Waals surface area contributed by atoms with Crippen molar-refractivity contribution in [2.75, 3.05) is 0 Å². The summed E-state index contributed by atoms with van der Waals surface area (Å²) in [6.07, 6.45) is 1.46. The first-order valence-electron chi connectivity index (χ1n) is 9.61. The van der Waals surface area contributed by atoms with Crippen LogP contribution in [0.1, 0.15) is 15.9 Å². The lowest BCUT2D eigenvalue weighted by Gasteiger charge is -2.05. The molecule has 152 valence electrons. The molecule has 31 heavy (non-hydrogen) atoms. The molecule has 0 fully saturated rings. The summed E-state index contributed by atoms with van der Waals surface area (Å²) in [6, 6.07) is 20.6. The van der Waals surface area contributed by atoms with Gasteiger partial charge in [-0.1, -0.05) is 35.5 Å².